The van der Waals surface area contributed by atoms with E-state index in [2.05, 4.69) is 15.5 Å². The molecular weight excluding hydrogens is 290 g/mol. The number of amides is 1. The van der Waals surface area contributed by atoms with Crippen molar-refractivity contribution in [2.45, 2.75) is 44.6 Å². The molecule has 1 heterocycles. The molecule has 2 aromatic rings. The molecule has 0 radical (unpaired) electrons. The Morgan fingerprint density at radius 1 is 1.39 bits per heavy atom. The summed E-state index contributed by atoms with van der Waals surface area (Å²) in [6.07, 6.45) is 3.06. The number of aromatic nitrogens is 2. The molecule has 5 nitrogen and oxygen atoms in total. The summed E-state index contributed by atoms with van der Waals surface area (Å²) in [4.78, 5) is 24.0. The summed E-state index contributed by atoms with van der Waals surface area (Å²) in [5.74, 6) is -0.0696. The number of nitrogens with one attached hydrogen (secondary N) is 2. The summed E-state index contributed by atoms with van der Waals surface area (Å²) in [5, 5.41) is 9.70. The molecule has 5 heteroatoms. The number of carbonyl (C=O) groups excluding carboxylic acids is 1. The maximum atomic E-state index is 12.6. The Bertz CT molecular complexity index is 739. The molecule has 1 aromatic carbocycles. The van der Waals surface area contributed by atoms with Crippen molar-refractivity contribution in [3.8, 4) is 0 Å². The van der Waals surface area contributed by atoms with Crippen LogP contribution >= 0.6 is 0 Å². The highest BCUT2D eigenvalue weighted by atomic mass is 16.2. The van der Waals surface area contributed by atoms with Gasteiger partial charge in [-0.3, -0.25) is 9.59 Å². The van der Waals surface area contributed by atoms with Gasteiger partial charge in [-0.25, -0.2) is 5.10 Å². The minimum absolute atomic E-state index is 0.0601. The van der Waals surface area contributed by atoms with Crippen molar-refractivity contribution in [2.75, 3.05) is 0 Å². The Morgan fingerprint density at radius 3 is 2.91 bits per heavy atom. The molecule has 120 valence electrons. The second kappa shape index (κ2) is 6.77. The van der Waals surface area contributed by atoms with Crippen LogP contribution in [0.15, 0.2) is 41.2 Å². The van der Waals surface area contributed by atoms with Crippen LogP contribution in [0, 0.1) is 0 Å². The highest BCUT2D eigenvalue weighted by molar-refractivity contribution is 5.83. The molecule has 23 heavy (non-hydrogen) atoms. The number of nitrogens with zero attached hydrogens (tertiary/aromatic N) is 1. The molecule has 0 fully saturated rings. The molecule has 0 saturated heterocycles. The molecule has 0 saturated carbocycles. The number of hydrogen-bond acceptors (Lipinski definition) is 3. The molecule has 0 spiro atoms. The third kappa shape index (κ3) is 3.50. The van der Waals surface area contributed by atoms with E-state index in [-0.39, 0.29) is 23.4 Å². The van der Waals surface area contributed by atoms with Crippen LogP contribution in [0.4, 0.5) is 0 Å². The molecule has 1 amide bonds. The van der Waals surface area contributed by atoms with Gasteiger partial charge >= 0.3 is 0 Å². The van der Waals surface area contributed by atoms with Crippen LogP contribution in [0.3, 0.4) is 0 Å². The molecule has 2 N–H and O–H groups in total. The SMILES string of the molecule is CCC(C(=O)NC1CCc2n[nH]c(=O)cc2C1)c1ccccc1. The second-order valence-corrected chi connectivity index (χ2v) is 6.02. The highest BCUT2D eigenvalue weighted by Crippen LogP contribution is 2.22. The van der Waals surface area contributed by atoms with Gasteiger partial charge in [-0.2, -0.15) is 5.10 Å². The number of aromatic amines is 1. The van der Waals surface area contributed by atoms with E-state index in [1.807, 2.05) is 37.3 Å². The lowest BCUT2D eigenvalue weighted by molar-refractivity contribution is -0.123. The fourth-order valence-electron chi connectivity index (χ4n) is 3.22. The number of H-pyrrole nitrogens is 1. The van der Waals surface area contributed by atoms with E-state index in [1.165, 1.54) is 0 Å². The van der Waals surface area contributed by atoms with Crippen molar-refractivity contribution in [2.24, 2.45) is 0 Å². The van der Waals surface area contributed by atoms with Gasteiger partial charge in [-0.1, -0.05) is 37.3 Å². The summed E-state index contributed by atoms with van der Waals surface area (Å²) in [6.45, 7) is 2.02. The zero-order valence-electron chi connectivity index (χ0n) is 13.2. The molecule has 1 aliphatic carbocycles. The summed E-state index contributed by atoms with van der Waals surface area (Å²) < 4.78 is 0. The van der Waals surface area contributed by atoms with E-state index in [0.29, 0.717) is 6.42 Å². The van der Waals surface area contributed by atoms with Crippen LogP contribution in [0.1, 0.15) is 42.5 Å². The third-order valence-electron chi connectivity index (χ3n) is 4.45. The summed E-state index contributed by atoms with van der Waals surface area (Å²) in [6, 6.07) is 11.5. The molecular formula is C18H21N3O2. The predicted molar refractivity (Wildman–Crippen MR) is 88.3 cm³/mol. The average Bonchev–Trinajstić information content (AvgIpc) is 2.56. The van der Waals surface area contributed by atoms with E-state index < -0.39 is 0 Å². The number of benzene rings is 1. The van der Waals surface area contributed by atoms with E-state index in [1.54, 1.807) is 6.07 Å². The lowest BCUT2D eigenvalue weighted by Crippen LogP contribution is -2.41. The third-order valence-corrected chi connectivity index (χ3v) is 4.45. The van der Waals surface area contributed by atoms with Crippen molar-refractivity contribution in [1.82, 2.24) is 15.5 Å². The molecule has 2 unspecified atom stereocenters. The predicted octanol–water partition coefficient (Wildman–Crippen LogP) is 1.94. The molecule has 0 bridgehead atoms. The molecule has 1 aromatic heterocycles. The van der Waals surface area contributed by atoms with Crippen LogP contribution in [0.2, 0.25) is 0 Å². The molecule has 1 aliphatic rings. The van der Waals surface area contributed by atoms with E-state index in [4.69, 9.17) is 0 Å². The van der Waals surface area contributed by atoms with E-state index in [0.717, 1.165) is 36.1 Å². The van der Waals surface area contributed by atoms with Crippen LogP contribution < -0.4 is 10.9 Å². The Morgan fingerprint density at radius 2 is 2.17 bits per heavy atom. The number of rotatable bonds is 4. The van der Waals surface area contributed by atoms with Gasteiger partial charge in [0.25, 0.3) is 5.56 Å². The van der Waals surface area contributed by atoms with Gasteiger partial charge < -0.3 is 5.32 Å². The first-order valence-electron chi connectivity index (χ1n) is 8.10. The largest absolute Gasteiger partial charge is 0.352 e. The number of carbonyl (C=O) groups is 1. The summed E-state index contributed by atoms with van der Waals surface area (Å²) in [5.41, 5.74) is 2.73. The minimum Gasteiger partial charge on any atom is -0.352 e. The quantitative estimate of drug-likeness (QED) is 0.906. The first-order chi connectivity index (χ1) is 11.2. The van der Waals surface area contributed by atoms with Crippen LogP contribution in [-0.4, -0.2) is 22.1 Å². The summed E-state index contributed by atoms with van der Waals surface area (Å²) >= 11 is 0. The molecule has 0 aliphatic heterocycles. The first kappa shape index (κ1) is 15.5. The maximum Gasteiger partial charge on any atom is 0.264 e. The van der Waals surface area contributed by atoms with Crippen molar-refractivity contribution in [1.29, 1.82) is 0 Å². The normalized spacial score (nSPS) is 18.0. The summed E-state index contributed by atoms with van der Waals surface area (Å²) in [7, 11) is 0. The van der Waals surface area contributed by atoms with Crippen LogP contribution in [0.5, 0.6) is 0 Å². The van der Waals surface area contributed by atoms with Crippen LogP contribution in [-0.2, 0) is 17.6 Å². The van der Waals surface area contributed by atoms with Crippen molar-refractivity contribution in [3.63, 3.8) is 0 Å². The van der Waals surface area contributed by atoms with Gasteiger partial charge in [0.05, 0.1) is 11.6 Å². The highest BCUT2D eigenvalue weighted by Gasteiger charge is 2.25. The Kier molecular flexibility index (Phi) is 4.55. The van der Waals surface area contributed by atoms with Gasteiger partial charge in [-0.15, -0.1) is 0 Å². The molecule has 3 rings (SSSR count). The molecule has 2 atom stereocenters. The van der Waals surface area contributed by atoms with Crippen molar-refractivity contribution < 1.29 is 4.79 Å². The van der Waals surface area contributed by atoms with E-state index >= 15 is 0 Å². The Labute approximate surface area is 135 Å². The van der Waals surface area contributed by atoms with Gasteiger partial charge in [0, 0.05) is 12.1 Å². The van der Waals surface area contributed by atoms with E-state index in [9.17, 15) is 9.59 Å². The standard InChI is InChI=1S/C18H21N3O2/c1-2-15(12-6-4-3-5-7-12)18(23)19-14-8-9-16-13(10-14)11-17(22)21-20-16/h3-7,11,14-15H,2,8-10H2,1H3,(H,19,23)(H,21,22). The fraction of sp³-hybridized carbons (Fsp3) is 0.389. The average molecular weight is 311 g/mol. The topological polar surface area (TPSA) is 74.8 Å². The lowest BCUT2D eigenvalue weighted by Gasteiger charge is -2.26. The smallest absolute Gasteiger partial charge is 0.264 e. The number of hydrogen-bond donors (Lipinski definition) is 2. The van der Waals surface area contributed by atoms with Gasteiger partial charge in [0.2, 0.25) is 5.91 Å². The van der Waals surface area contributed by atoms with Crippen molar-refractivity contribution in [3.05, 3.63) is 63.6 Å². The van der Waals surface area contributed by atoms with Gasteiger partial charge in [-0.05, 0) is 36.8 Å². The van der Waals surface area contributed by atoms with Gasteiger partial charge in [0.15, 0.2) is 0 Å². The van der Waals surface area contributed by atoms with Gasteiger partial charge in [0.1, 0.15) is 0 Å². The Hall–Kier alpha value is -2.43. The zero-order valence-corrected chi connectivity index (χ0v) is 13.2. The fourth-order valence-corrected chi connectivity index (χ4v) is 3.22. The zero-order chi connectivity index (χ0) is 16.2. The monoisotopic (exact) mass is 311 g/mol. The van der Waals surface area contributed by atoms with Crippen LogP contribution in [0.25, 0.3) is 0 Å². The lowest BCUT2D eigenvalue weighted by atomic mass is 9.90. The Balaban J connectivity index is 1.70. The number of fused-ring (bicyclic) bond motifs is 1. The first-order valence-corrected chi connectivity index (χ1v) is 8.10. The van der Waals surface area contributed by atoms with Crippen molar-refractivity contribution >= 4 is 5.91 Å². The number of aryl methyl sites for hydroxylation is 1. The minimum atomic E-state index is -0.188. The second-order valence-electron chi connectivity index (χ2n) is 6.02. The maximum absolute atomic E-state index is 12.6.